The molecule has 5 nitrogen and oxygen atoms in total. The van der Waals surface area contributed by atoms with Gasteiger partial charge in [-0.25, -0.2) is 0 Å². The summed E-state index contributed by atoms with van der Waals surface area (Å²) in [5.41, 5.74) is 4.93. The molecule has 2 aromatic heterocycles. The Morgan fingerprint density at radius 2 is 1.70 bits per heavy atom. The summed E-state index contributed by atoms with van der Waals surface area (Å²) in [5.74, 6) is -0.0832. The first-order valence-electron chi connectivity index (χ1n) is 10.7. The second kappa shape index (κ2) is 10.7. The van der Waals surface area contributed by atoms with E-state index in [-0.39, 0.29) is 18.2 Å². The van der Waals surface area contributed by atoms with Crippen molar-refractivity contribution in [3.8, 4) is 0 Å². The van der Waals surface area contributed by atoms with Crippen LogP contribution in [-0.2, 0) is 24.3 Å². The standard InChI is InChI=1S/C27H25N3O2S/c1-20-4-2-5-23(16-20)19-30(27(32)25-6-3-15-33-25)24-9-7-21(8-10-24)17-26(31)29-18-22-11-13-28-14-12-22/h2-16H,17-19H2,1H3,(H,29,31). The predicted octanol–water partition coefficient (Wildman–Crippen LogP) is 5.16. The van der Waals surface area contributed by atoms with E-state index in [1.807, 2.05) is 79.0 Å². The van der Waals surface area contributed by atoms with Crippen molar-refractivity contribution >= 4 is 28.8 Å². The lowest BCUT2D eigenvalue weighted by Crippen LogP contribution is -2.30. The second-order valence-corrected chi connectivity index (χ2v) is 8.78. The van der Waals surface area contributed by atoms with E-state index in [0.717, 1.165) is 27.9 Å². The number of aryl methyl sites for hydroxylation is 1. The fourth-order valence-corrected chi connectivity index (χ4v) is 4.22. The number of nitrogens with one attached hydrogen (secondary N) is 1. The van der Waals surface area contributed by atoms with Crippen molar-refractivity contribution in [1.29, 1.82) is 0 Å². The predicted molar refractivity (Wildman–Crippen MR) is 132 cm³/mol. The summed E-state index contributed by atoms with van der Waals surface area (Å²) >= 11 is 1.43. The van der Waals surface area contributed by atoms with Gasteiger partial charge in [0.1, 0.15) is 0 Å². The van der Waals surface area contributed by atoms with E-state index in [1.54, 1.807) is 17.3 Å². The van der Waals surface area contributed by atoms with Crippen molar-refractivity contribution in [3.05, 3.63) is 118 Å². The summed E-state index contributed by atoms with van der Waals surface area (Å²) in [7, 11) is 0. The van der Waals surface area contributed by atoms with E-state index in [9.17, 15) is 9.59 Å². The summed E-state index contributed by atoms with van der Waals surface area (Å²) in [6.07, 6.45) is 3.70. The minimum absolute atomic E-state index is 0.0330. The van der Waals surface area contributed by atoms with Crippen molar-refractivity contribution in [2.24, 2.45) is 0 Å². The number of carbonyl (C=O) groups excluding carboxylic acids is 2. The van der Waals surface area contributed by atoms with Gasteiger partial charge in [-0.1, -0.05) is 48.0 Å². The highest BCUT2D eigenvalue weighted by molar-refractivity contribution is 7.12. The smallest absolute Gasteiger partial charge is 0.268 e. The number of aromatic nitrogens is 1. The molecule has 0 aliphatic carbocycles. The Bertz CT molecular complexity index is 1210. The highest BCUT2D eigenvalue weighted by Gasteiger charge is 2.19. The molecular weight excluding hydrogens is 430 g/mol. The van der Waals surface area contributed by atoms with E-state index in [1.165, 1.54) is 11.3 Å². The minimum atomic E-state index is -0.0501. The van der Waals surface area contributed by atoms with E-state index in [2.05, 4.69) is 16.4 Å². The van der Waals surface area contributed by atoms with Gasteiger partial charge in [0.15, 0.2) is 0 Å². The molecule has 2 aromatic carbocycles. The molecule has 2 amide bonds. The van der Waals surface area contributed by atoms with Gasteiger partial charge in [0, 0.05) is 24.6 Å². The van der Waals surface area contributed by atoms with Crippen LogP contribution in [0.4, 0.5) is 5.69 Å². The topological polar surface area (TPSA) is 62.3 Å². The molecule has 166 valence electrons. The van der Waals surface area contributed by atoms with Gasteiger partial charge < -0.3 is 10.2 Å². The normalized spacial score (nSPS) is 10.6. The molecule has 0 aliphatic rings. The van der Waals surface area contributed by atoms with Gasteiger partial charge in [-0.3, -0.25) is 14.6 Å². The van der Waals surface area contributed by atoms with Crippen molar-refractivity contribution in [1.82, 2.24) is 10.3 Å². The molecule has 6 heteroatoms. The summed E-state index contributed by atoms with van der Waals surface area (Å²) < 4.78 is 0. The van der Waals surface area contributed by atoms with Gasteiger partial charge in [-0.05, 0) is 59.3 Å². The molecule has 0 bridgehead atoms. The van der Waals surface area contributed by atoms with Crippen LogP contribution in [0.5, 0.6) is 0 Å². The van der Waals surface area contributed by atoms with Gasteiger partial charge in [-0.2, -0.15) is 0 Å². The Hall–Kier alpha value is -3.77. The number of anilines is 1. The van der Waals surface area contributed by atoms with Crippen LogP contribution in [0, 0.1) is 6.92 Å². The molecule has 33 heavy (non-hydrogen) atoms. The van der Waals surface area contributed by atoms with Crippen molar-refractivity contribution in [2.75, 3.05) is 4.90 Å². The first-order chi connectivity index (χ1) is 16.1. The first kappa shape index (κ1) is 22.4. The van der Waals surface area contributed by atoms with Crippen LogP contribution in [-0.4, -0.2) is 16.8 Å². The number of benzene rings is 2. The molecule has 0 spiro atoms. The Kier molecular flexibility index (Phi) is 7.27. The van der Waals surface area contributed by atoms with Crippen LogP contribution in [0.15, 0.2) is 90.6 Å². The number of thiophene rings is 1. The largest absolute Gasteiger partial charge is 0.352 e. The first-order valence-corrected chi connectivity index (χ1v) is 11.6. The van der Waals surface area contributed by atoms with Gasteiger partial charge in [0.2, 0.25) is 5.91 Å². The Labute approximate surface area is 197 Å². The Morgan fingerprint density at radius 3 is 2.39 bits per heavy atom. The summed E-state index contributed by atoms with van der Waals surface area (Å²) in [6, 6.07) is 23.3. The van der Waals surface area contributed by atoms with Crippen LogP contribution in [0.25, 0.3) is 0 Å². The average Bonchev–Trinajstić information content (AvgIpc) is 3.37. The van der Waals surface area contributed by atoms with Crippen molar-refractivity contribution < 1.29 is 9.59 Å². The molecule has 0 radical (unpaired) electrons. The Morgan fingerprint density at radius 1 is 0.909 bits per heavy atom. The number of carbonyl (C=O) groups is 2. The Balaban J connectivity index is 1.46. The maximum absolute atomic E-state index is 13.2. The second-order valence-electron chi connectivity index (χ2n) is 7.83. The molecule has 0 aliphatic heterocycles. The minimum Gasteiger partial charge on any atom is -0.352 e. The van der Waals surface area contributed by atoms with E-state index in [0.29, 0.717) is 18.0 Å². The molecule has 0 atom stereocenters. The molecular formula is C27H25N3O2S. The summed E-state index contributed by atoms with van der Waals surface area (Å²) in [5, 5.41) is 4.84. The maximum Gasteiger partial charge on any atom is 0.268 e. The monoisotopic (exact) mass is 455 g/mol. The lowest BCUT2D eigenvalue weighted by Gasteiger charge is -2.23. The third-order valence-electron chi connectivity index (χ3n) is 5.25. The SMILES string of the molecule is Cc1cccc(CN(C(=O)c2cccs2)c2ccc(CC(=O)NCc3ccncc3)cc2)c1. The van der Waals surface area contributed by atoms with Crippen molar-refractivity contribution in [2.45, 2.75) is 26.4 Å². The van der Waals surface area contributed by atoms with Gasteiger partial charge in [0.05, 0.1) is 17.8 Å². The zero-order chi connectivity index (χ0) is 23.0. The van der Waals surface area contributed by atoms with E-state index >= 15 is 0 Å². The highest BCUT2D eigenvalue weighted by Crippen LogP contribution is 2.23. The molecule has 4 aromatic rings. The number of amides is 2. The van der Waals surface area contributed by atoms with E-state index < -0.39 is 0 Å². The molecule has 0 unspecified atom stereocenters. The lowest BCUT2D eigenvalue weighted by molar-refractivity contribution is -0.120. The molecule has 4 rings (SSSR count). The van der Waals surface area contributed by atoms with Crippen LogP contribution in [0.2, 0.25) is 0 Å². The van der Waals surface area contributed by atoms with Gasteiger partial charge in [0.25, 0.3) is 5.91 Å². The highest BCUT2D eigenvalue weighted by atomic mass is 32.1. The number of hydrogen-bond donors (Lipinski definition) is 1. The number of nitrogens with zero attached hydrogens (tertiary/aromatic N) is 2. The number of rotatable bonds is 8. The zero-order valence-corrected chi connectivity index (χ0v) is 19.2. The van der Waals surface area contributed by atoms with E-state index in [4.69, 9.17) is 0 Å². The quantitative estimate of drug-likeness (QED) is 0.399. The van der Waals surface area contributed by atoms with Crippen LogP contribution < -0.4 is 10.2 Å². The number of hydrogen-bond acceptors (Lipinski definition) is 4. The number of pyridine rings is 1. The fraction of sp³-hybridized carbons (Fsp3) is 0.148. The van der Waals surface area contributed by atoms with Crippen LogP contribution >= 0.6 is 11.3 Å². The average molecular weight is 456 g/mol. The molecule has 0 saturated heterocycles. The lowest BCUT2D eigenvalue weighted by atomic mass is 10.1. The molecule has 1 N–H and O–H groups in total. The van der Waals surface area contributed by atoms with Crippen LogP contribution in [0.3, 0.4) is 0 Å². The van der Waals surface area contributed by atoms with Gasteiger partial charge in [-0.15, -0.1) is 11.3 Å². The fourth-order valence-electron chi connectivity index (χ4n) is 3.55. The van der Waals surface area contributed by atoms with Crippen LogP contribution in [0.1, 0.15) is 31.9 Å². The third-order valence-corrected chi connectivity index (χ3v) is 6.11. The molecule has 0 fully saturated rings. The molecule has 0 saturated carbocycles. The molecule has 2 heterocycles. The zero-order valence-electron chi connectivity index (χ0n) is 18.4. The summed E-state index contributed by atoms with van der Waals surface area (Å²) in [4.78, 5) is 32.1. The van der Waals surface area contributed by atoms with Crippen molar-refractivity contribution in [3.63, 3.8) is 0 Å². The third kappa shape index (κ3) is 6.14. The maximum atomic E-state index is 13.2. The summed E-state index contributed by atoms with van der Waals surface area (Å²) in [6.45, 7) is 2.99. The van der Waals surface area contributed by atoms with Gasteiger partial charge >= 0.3 is 0 Å².